The van der Waals surface area contributed by atoms with E-state index in [-0.39, 0.29) is 30.0 Å². The second-order valence-corrected chi connectivity index (χ2v) is 3.34. The number of hydrogen-bond donors (Lipinski definition) is 1. The molecule has 0 unspecified atom stereocenters. The van der Waals surface area contributed by atoms with Gasteiger partial charge in [-0.15, -0.1) is 0 Å². The van der Waals surface area contributed by atoms with E-state index in [1.807, 2.05) is 0 Å². The zero-order valence-corrected chi connectivity index (χ0v) is 9.61. The number of anilines is 1. The first kappa shape index (κ1) is 13.8. The van der Waals surface area contributed by atoms with E-state index in [1.165, 1.54) is 0 Å². The number of rotatable bonds is 4. The largest absolute Gasteiger partial charge is 0.466 e. The molecule has 96 valence electrons. The van der Waals surface area contributed by atoms with Crippen LogP contribution in [0, 0.1) is 11.3 Å². The third-order valence-electron chi connectivity index (χ3n) is 2.19. The van der Waals surface area contributed by atoms with Gasteiger partial charge in [-0.1, -0.05) is 0 Å². The minimum atomic E-state index is -2.82. The number of esters is 1. The molecular formula is C11H11F2N3O2. The van der Waals surface area contributed by atoms with Crippen LogP contribution in [-0.2, 0) is 16.0 Å². The molecule has 0 fully saturated rings. The van der Waals surface area contributed by atoms with Gasteiger partial charge in [0, 0.05) is 6.20 Å². The van der Waals surface area contributed by atoms with Crippen LogP contribution >= 0.6 is 0 Å². The number of nitrogens with zero attached hydrogens (tertiary/aromatic N) is 2. The Morgan fingerprint density at radius 3 is 2.83 bits per heavy atom. The molecule has 1 aromatic rings. The van der Waals surface area contributed by atoms with E-state index >= 15 is 0 Å². The first-order valence-electron chi connectivity index (χ1n) is 5.12. The maximum Gasteiger partial charge on any atom is 0.311 e. The van der Waals surface area contributed by atoms with Gasteiger partial charge < -0.3 is 10.5 Å². The number of alkyl halides is 2. The monoisotopic (exact) mass is 255 g/mol. The SMILES string of the molecule is CCOC(=O)Cc1ncc(C(F)F)c(N)c1C#N. The van der Waals surface area contributed by atoms with Crippen LogP contribution in [0.2, 0.25) is 0 Å². The Morgan fingerprint density at radius 2 is 2.33 bits per heavy atom. The van der Waals surface area contributed by atoms with Gasteiger partial charge in [0.1, 0.15) is 6.07 Å². The first-order valence-corrected chi connectivity index (χ1v) is 5.12. The average Bonchev–Trinajstić information content (AvgIpc) is 2.29. The number of ether oxygens (including phenoxy) is 1. The molecular weight excluding hydrogens is 244 g/mol. The predicted molar refractivity (Wildman–Crippen MR) is 58.7 cm³/mol. The van der Waals surface area contributed by atoms with Crippen LogP contribution in [0.5, 0.6) is 0 Å². The van der Waals surface area contributed by atoms with Crippen molar-refractivity contribution in [2.45, 2.75) is 19.8 Å². The Kier molecular flexibility index (Phi) is 4.54. The number of carbonyl (C=O) groups excluding carboxylic acids is 1. The van der Waals surface area contributed by atoms with E-state index < -0.39 is 18.0 Å². The lowest BCUT2D eigenvalue weighted by Crippen LogP contribution is -2.12. The van der Waals surface area contributed by atoms with Gasteiger partial charge >= 0.3 is 5.97 Å². The Morgan fingerprint density at radius 1 is 1.67 bits per heavy atom. The minimum absolute atomic E-state index is 0.0397. The summed E-state index contributed by atoms with van der Waals surface area (Å²) in [5.41, 5.74) is 4.42. The van der Waals surface area contributed by atoms with Crippen molar-refractivity contribution in [2.24, 2.45) is 0 Å². The molecule has 0 radical (unpaired) electrons. The number of nitriles is 1. The highest BCUT2D eigenvalue weighted by molar-refractivity contribution is 5.74. The van der Waals surface area contributed by atoms with Crippen molar-refractivity contribution in [1.82, 2.24) is 4.98 Å². The maximum absolute atomic E-state index is 12.5. The Bertz CT molecular complexity index is 498. The molecule has 7 heteroatoms. The quantitative estimate of drug-likeness (QED) is 0.825. The fraction of sp³-hybridized carbons (Fsp3) is 0.364. The molecule has 0 atom stereocenters. The van der Waals surface area contributed by atoms with Crippen LogP contribution < -0.4 is 5.73 Å². The minimum Gasteiger partial charge on any atom is -0.466 e. The Labute approximate surface area is 102 Å². The second kappa shape index (κ2) is 5.91. The highest BCUT2D eigenvalue weighted by atomic mass is 19.3. The average molecular weight is 255 g/mol. The summed E-state index contributed by atoms with van der Waals surface area (Å²) in [7, 11) is 0. The van der Waals surface area contributed by atoms with Gasteiger partial charge in [-0.3, -0.25) is 9.78 Å². The molecule has 18 heavy (non-hydrogen) atoms. The third-order valence-corrected chi connectivity index (χ3v) is 2.19. The van der Waals surface area contributed by atoms with Gasteiger partial charge in [0.2, 0.25) is 0 Å². The van der Waals surface area contributed by atoms with Crippen LogP contribution in [0.4, 0.5) is 14.5 Å². The smallest absolute Gasteiger partial charge is 0.311 e. The van der Waals surface area contributed by atoms with E-state index in [4.69, 9.17) is 11.0 Å². The van der Waals surface area contributed by atoms with Crippen molar-refractivity contribution in [3.05, 3.63) is 23.0 Å². The van der Waals surface area contributed by atoms with E-state index in [1.54, 1.807) is 13.0 Å². The van der Waals surface area contributed by atoms with E-state index in [0.717, 1.165) is 6.20 Å². The van der Waals surface area contributed by atoms with Crippen molar-refractivity contribution in [2.75, 3.05) is 12.3 Å². The first-order chi connectivity index (χ1) is 8.51. The molecule has 0 aliphatic carbocycles. The number of halogens is 2. The highest BCUT2D eigenvalue weighted by Crippen LogP contribution is 2.28. The summed E-state index contributed by atoms with van der Waals surface area (Å²) >= 11 is 0. The van der Waals surface area contributed by atoms with Gasteiger partial charge in [0.25, 0.3) is 6.43 Å². The van der Waals surface area contributed by atoms with Crippen molar-refractivity contribution < 1.29 is 18.3 Å². The van der Waals surface area contributed by atoms with Gasteiger partial charge in [0.15, 0.2) is 0 Å². The number of pyridine rings is 1. The zero-order chi connectivity index (χ0) is 13.7. The summed E-state index contributed by atoms with van der Waals surface area (Å²) < 4.78 is 29.8. The van der Waals surface area contributed by atoms with Crippen molar-refractivity contribution >= 4 is 11.7 Å². The standard InChI is InChI=1S/C11H11F2N3O2/c1-2-18-9(17)3-8-6(4-14)10(15)7(5-16-8)11(12)13/h5,11H,2-3H2,1H3,(H2,15,16). The van der Waals surface area contributed by atoms with Crippen LogP contribution in [0.15, 0.2) is 6.20 Å². The summed E-state index contributed by atoms with van der Waals surface area (Å²) in [5, 5.41) is 8.88. The second-order valence-electron chi connectivity index (χ2n) is 3.34. The van der Waals surface area contributed by atoms with Crippen LogP contribution in [0.3, 0.4) is 0 Å². The number of carbonyl (C=O) groups is 1. The molecule has 5 nitrogen and oxygen atoms in total. The third kappa shape index (κ3) is 2.91. The van der Waals surface area contributed by atoms with Gasteiger partial charge in [-0.2, -0.15) is 5.26 Å². The topological polar surface area (TPSA) is 89.0 Å². The normalized spacial score (nSPS) is 10.2. The fourth-order valence-electron chi connectivity index (χ4n) is 1.36. The molecule has 1 rings (SSSR count). The van der Waals surface area contributed by atoms with Crippen LogP contribution in [-0.4, -0.2) is 17.6 Å². The highest BCUT2D eigenvalue weighted by Gasteiger charge is 2.20. The fourth-order valence-corrected chi connectivity index (χ4v) is 1.36. The molecule has 0 aliphatic rings. The molecule has 0 saturated heterocycles. The molecule has 2 N–H and O–H groups in total. The summed E-state index contributed by atoms with van der Waals surface area (Å²) in [6.45, 7) is 1.82. The lowest BCUT2D eigenvalue weighted by molar-refractivity contribution is -0.142. The molecule has 1 heterocycles. The van der Waals surface area contributed by atoms with E-state index in [2.05, 4.69) is 9.72 Å². The number of nitrogen functional groups attached to an aromatic ring is 1. The van der Waals surface area contributed by atoms with Gasteiger partial charge in [-0.25, -0.2) is 8.78 Å². The summed E-state index contributed by atoms with van der Waals surface area (Å²) in [6, 6.07) is 1.68. The summed E-state index contributed by atoms with van der Waals surface area (Å²) in [4.78, 5) is 14.9. The Hall–Kier alpha value is -2.23. The molecule has 0 spiro atoms. The van der Waals surface area contributed by atoms with Crippen LogP contribution in [0.25, 0.3) is 0 Å². The van der Waals surface area contributed by atoms with E-state index in [9.17, 15) is 13.6 Å². The molecule has 0 aliphatic heterocycles. The van der Waals surface area contributed by atoms with Crippen molar-refractivity contribution in [3.63, 3.8) is 0 Å². The van der Waals surface area contributed by atoms with Crippen molar-refractivity contribution in [3.8, 4) is 6.07 Å². The van der Waals surface area contributed by atoms with E-state index in [0.29, 0.717) is 0 Å². The summed E-state index contributed by atoms with van der Waals surface area (Å²) in [6.07, 6.45) is -2.22. The zero-order valence-electron chi connectivity index (χ0n) is 9.61. The van der Waals surface area contributed by atoms with Gasteiger partial charge in [0.05, 0.1) is 35.5 Å². The lowest BCUT2D eigenvalue weighted by atomic mass is 10.1. The molecule has 0 aromatic carbocycles. The lowest BCUT2D eigenvalue weighted by Gasteiger charge is -2.09. The number of nitrogens with two attached hydrogens (primary N) is 1. The van der Waals surface area contributed by atoms with Crippen molar-refractivity contribution in [1.29, 1.82) is 5.26 Å². The Balaban J connectivity index is 3.12. The van der Waals surface area contributed by atoms with Gasteiger partial charge in [-0.05, 0) is 6.92 Å². The molecule has 1 aromatic heterocycles. The number of hydrogen-bond acceptors (Lipinski definition) is 5. The van der Waals surface area contributed by atoms with Crippen LogP contribution in [0.1, 0.15) is 30.2 Å². The predicted octanol–water partition coefficient (Wildman–Crippen LogP) is 1.58. The number of aromatic nitrogens is 1. The molecule has 0 saturated carbocycles. The molecule has 0 bridgehead atoms. The summed E-state index contributed by atoms with van der Waals surface area (Å²) in [5.74, 6) is -0.592. The molecule has 0 amide bonds. The maximum atomic E-state index is 12.5.